The zero-order valence-corrected chi connectivity index (χ0v) is 12.1. The molecule has 110 valence electrons. The molecule has 2 aliphatic carbocycles. The summed E-state index contributed by atoms with van der Waals surface area (Å²) in [6, 6.07) is 0. The Labute approximate surface area is 120 Å². The van der Waals surface area contributed by atoms with E-state index in [0.29, 0.717) is 18.2 Å². The van der Waals surface area contributed by atoms with Gasteiger partial charge in [-0.15, -0.1) is 0 Å². The number of carbonyl (C=O) groups excluding carboxylic acids is 2. The van der Waals surface area contributed by atoms with Crippen molar-refractivity contribution in [3.63, 3.8) is 0 Å². The molecule has 0 radical (unpaired) electrons. The fourth-order valence-electron chi connectivity index (χ4n) is 4.78. The zero-order chi connectivity index (χ0) is 13.8. The fourth-order valence-corrected chi connectivity index (χ4v) is 4.78. The Bertz CT molecular complexity index is 453. The first-order chi connectivity index (χ1) is 9.64. The molecule has 4 fully saturated rings. The standard InChI is InChI=1S/C16H24N2O2/c19-13-9-15(10-17-13)7-8-18(11-15)14(20)16(5-2-6-16)12-3-1-4-12/h12H,1-11H2,(H,17,19). The second-order valence-electron chi connectivity index (χ2n) is 7.57. The molecular weight excluding hydrogens is 252 g/mol. The Morgan fingerprint density at radius 1 is 1.20 bits per heavy atom. The maximum Gasteiger partial charge on any atom is 0.229 e. The van der Waals surface area contributed by atoms with E-state index in [9.17, 15) is 9.59 Å². The Morgan fingerprint density at radius 2 is 2.00 bits per heavy atom. The number of hydrogen-bond donors (Lipinski definition) is 1. The van der Waals surface area contributed by atoms with Crippen molar-refractivity contribution >= 4 is 11.8 Å². The summed E-state index contributed by atoms with van der Waals surface area (Å²) in [6.45, 7) is 2.44. The normalized spacial score (nSPS) is 35.8. The molecular formula is C16H24N2O2. The first-order valence-corrected chi connectivity index (χ1v) is 8.20. The molecule has 0 bridgehead atoms. The number of nitrogens with zero attached hydrogens (tertiary/aromatic N) is 1. The predicted molar refractivity (Wildman–Crippen MR) is 74.9 cm³/mol. The number of likely N-dealkylation sites (tertiary alicyclic amines) is 1. The summed E-state index contributed by atoms with van der Waals surface area (Å²) in [5.74, 6) is 1.24. The second-order valence-corrected chi connectivity index (χ2v) is 7.57. The van der Waals surface area contributed by atoms with Crippen LogP contribution in [0.4, 0.5) is 0 Å². The van der Waals surface area contributed by atoms with E-state index in [-0.39, 0.29) is 16.7 Å². The molecule has 0 aromatic rings. The van der Waals surface area contributed by atoms with Crippen molar-refractivity contribution in [1.82, 2.24) is 10.2 Å². The highest BCUT2D eigenvalue weighted by molar-refractivity contribution is 5.85. The van der Waals surface area contributed by atoms with E-state index >= 15 is 0 Å². The van der Waals surface area contributed by atoms with Crippen molar-refractivity contribution in [2.24, 2.45) is 16.7 Å². The fraction of sp³-hybridized carbons (Fsp3) is 0.875. The number of rotatable bonds is 2. The van der Waals surface area contributed by atoms with Crippen LogP contribution in [0.5, 0.6) is 0 Å². The molecule has 1 atom stereocenters. The lowest BCUT2D eigenvalue weighted by molar-refractivity contribution is -0.155. The topological polar surface area (TPSA) is 49.4 Å². The minimum Gasteiger partial charge on any atom is -0.355 e. The van der Waals surface area contributed by atoms with Crippen LogP contribution in [-0.2, 0) is 9.59 Å². The summed E-state index contributed by atoms with van der Waals surface area (Å²) in [5.41, 5.74) is 0.0527. The molecule has 2 amide bonds. The Balaban J connectivity index is 1.48. The molecule has 4 nitrogen and oxygen atoms in total. The summed E-state index contributed by atoms with van der Waals surface area (Å²) < 4.78 is 0. The van der Waals surface area contributed by atoms with E-state index in [4.69, 9.17) is 0 Å². The predicted octanol–water partition coefficient (Wildman–Crippen LogP) is 1.70. The van der Waals surface area contributed by atoms with E-state index in [1.54, 1.807) is 0 Å². The average Bonchev–Trinajstić information content (AvgIpc) is 2.88. The number of nitrogens with one attached hydrogen (secondary N) is 1. The molecule has 4 aliphatic rings. The molecule has 2 aliphatic heterocycles. The van der Waals surface area contributed by atoms with Gasteiger partial charge in [-0.2, -0.15) is 0 Å². The lowest BCUT2D eigenvalue weighted by Gasteiger charge is -2.51. The van der Waals surface area contributed by atoms with Crippen molar-refractivity contribution in [1.29, 1.82) is 0 Å². The van der Waals surface area contributed by atoms with Crippen LogP contribution in [-0.4, -0.2) is 36.3 Å². The minimum atomic E-state index is -0.000177. The Hall–Kier alpha value is -1.06. The monoisotopic (exact) mass is 276 g/mol. The molecule has 4 heteroatoms. The molecule has 20 heavy (non-hydrogen) atoms. The van der Waals surface area contributed by atoms with Crippen LogP contribution in [0.25, 0.3) is 0 Å². The van der Waals surface area contributed by atoms with Gasteiger partial charge in [0.15, 0.2) is 0 Å². The smallest absolute Gasteiger partial charge is 0.229 e. The van der Waals surface area contributed by atoms with E-state index in [2.05, 4.69) is 10.2 Å². The third-order valence-corrected chi connectivity index (χ3v) is 6.48. The summed E-state index contributed by atoms with van der Waals surface area (Å²) in [6.07, 6.45) is 8.87. The molecule has 1 unspecified atom stereocenters. The van der Waals surface area contributed by atoms with Crippen LogP contribution in [0, 0.1) is 16.7 Å². The number of amides is 2. The van der Waals surface area contributed by atoms with Crippen molar-refractivity contribution in [2.45, 2.75) is 51.4 Å². The quantitative estimate of drug-likeness (QED) is 0.834. The molecule has 0 aromatic heterocycles. The molecule has 1 N–H and O–H groups in total. The van der Waals surface area contributed by atoms with Gasteiger partial charge in [-0.1, -0.05) is 12.8 Å². The van der Waals surface area contributed by atoms with Gasteiger partial charge in [0, 0.05) is 31.5 Å². The van der Waals surface area contributed by atoms with Crippen LogP contribution >= 0.6 is 0 Å². The first kappa shape index (κ1) is 12.7. The van der Waals surface area contributed by atoms with Crippen molar-refractivity contribution in [3.05, 3.63) is 0 Å². The van der Waals surface area contributed by atoms with Gasteiger partial charge >= 0.3 is 0 Å². The van der Waals surface area contributed by atoms with Gasteiger partial charge in [-0.3, -0.25) is 9.59 Å². The minimum absolute atomic E-state index is 0.000177. The van der Waals surface area contributed by atoms with Crippen LogP contribution in [0.2, 0.25) is 0 Å². The van der Waals surface area contributed by atoms with E-state index in [1.165, 1.54) is 25.7 Å². The van der Waals surface area contributed by atoms with Crippen molar-refractivity contribution in [2.75, 3.05) is 19.6 Å². The van der Waals surface area contributed by atoms with Crippen LogP contribution in [0.15, 0.2) is 0 Å². The lowest BCUT2D eigenvalue weighted by atomic mass is 9.54. The molecule has 4 rings (SSSR count). The summed E-state index contributed by atoms with van der Waals surface area (Å²) in [7, 11) is 0. The second kappa shape index (κ2) is 4.22. The highest BCUT2D eigenvalue weighted by Gasteiger charge is 2.55. The highest BCUT2D eigenvalue weighted by Crippen LogP contribution is 2.56. The van der Waals surface area contributed by atoms with Gasteiger partial charge < -0.3 is 10.2 Å². The van der Waals surface area contributed by atoms with Gasteiger partial charge in [0.05, 0.1) is 5.41 Å². The van der Waals surface area contributed by atoms with Gasteiger partial charge in [-0.05, 0) is 38.0 Å². The van der Waals surface area contributed by atoms with Gasteiger partial charge in [-0.25, -0.2) is 0 Å². The maximum absolute atomic E-state index is 13.0. The zero-order valence-electron chi connectivity index (χ0n) is 12.1. The summed E-state index contributed by atoms with van der Waals surface area (Å²) >= 11 is 0. The van der Waals surface area contributed by atoms with Crippen molar-refractivity contribution < 1.29 is 9.59 Å². The van der Waals surface area contributed by atoms with E-state index in [0.717, 1.165) is 38.9 Å². The van der Waals surface area contributed by atoms with Crippen LogP contribution in [0.1, 0.15) is 51.4 Å². The Morgan fingerprint density at radius 3 is 2.50 bits per heavy atom. The SMILES string of the molecule is O=C1CC2(CCN(C(=O)C3(C4CCC4)CCC3)C2)CN1. The van der Waals surface area contributed by atoms with Crippen molar-refractivity contribution in [3.8, 4) is 0 Å². The van der Waals surface area contributed by atoms with Gasteiger partial charge in [0.25, 0.3) is 0 Å². The Kier molecular flexibility index (Phi) is 2.67. The highest BCUT2D eigenvalue weighted by atomic mass is 16.2. The molecule has 2 heterocycles. The maximum atomic E-state index is 13.0. The van der Waals surface area contributed by atoms with Crippen LogP contribution < -0.4 is 5.32 Å². The lowest BCUT2D eigenvalue weighted by Crippen LogP contribution is -2.53. The van der Waals surface area contributed by atoms with Crippen LogP contribution in [0.3, 0.4) is 0 Å². The summed E-state index contributed by atoms with van der Waals surface area (Å²) in [5, 5.41) is 2.95. The molecule has 2 saturated heterocycles. The third-order valence-electron chi connectivity index (χ3n) is 6.48. The first-order valence-electron chi connectivity index (χ1n) is 8.20. The number of carbonyl (C=O) groups is 2. The van der Waals surface area contributed by atoms with Gasteiger partial charge in [0.2, 0.25) is 11.8 Å². The van der Waals surface area contributed by atoms with E-state index in [1.807, 2.05) is 0 Å². The van der Waals surface area contributed by atoms with E-state index < -0.39 is 0 Å². The third kappa shape index (κ3) is 1.66. The average molecular weight is 276 g/mol. The molecule has 0 aromatic carbocycles. The molecule has 2 saturated carbocycles. The largest absolute Gasteiger partial charge is 0.355 e. The summed E-state index contributed by atoms with van der Waals surface area (Å²) in [4.78, 5) is 26.6. The number of hydrogen-bond acceptors (Lipinski definition) is 2. The van der Waals surface area contributed by atoms with Gasteiger partial charge in [0.1, 0.15) is 0 Å². The molecule has 1 spiro atoms.